The summed E-state index contributed by atoms with van der Waals surface area (Å²) in [5, 5.41) is 22.9. The molecule has 0 spiro atoms. The van der Waals surface area contributed by atoms with E-state index in [2.05, 4.69) is 4.98 Å². The first-order chi connectivity index (χ1) is 16.4. The average Bonchev–Trinajstić information content (AvgIpc) is 3.39. The monoisotopic (exact) mass is 455 g/mol. The van der Waals surface area contributed by atoms with Gasteiger partial charge in [-0.1, -0.05) is 36.4 Å². The highest BCUT2D eigenvalue weighted by atomic mass is 16.6. The molecule has 1 aliphatic heterocycles. The summed E-state index contributed by atoms with van der Waals surface area (Å²) in [4.78, 5) is 42.8. The van der Waals surface area contributed by atoms with Gasteiger partial charge in [-0.3, -0.25) is 24.7 Å². The van der Waals surface area contributed by atoms with Crippen molar-refractivity contribution in [2.24, 2.45) is 0 Å². The standard InChI is InChI=1S/C25H17N3O6/c29-23(20-12-16-6-1-2-9-19(16)34-20)21-22(17-7-3-8-18(11-17)28(32)33)27(25(31)24(21)30)14-15-5-4-10-26-13-15/h1-13,22,30H,14H2/t22-/m0/s1. The van der Waals surface area contributed by atoms with E-state index < -0.39 is 28.4 Å². The molecule has 2 aromatic heterocycles. The molecule has 34 heavy (non-hydrogen) atoms. The second-order valence-corrected chi connectivity index (χ2v) is 7.79. The predicted octanol–water partition coefficient (Wildman–Crippen LogP) is 4.51. The fourth-order valence-corrected chi connectivity index (χ4v) is 4.12. The van der Waals surface area contributed by atoms with Crippen LogP contribution in [0.15, 0.2) is 94.9 Å². The number of nitro groups is 1. The highest BCUT2D eigenvalue weighted by Gasteiger charge is 2.45. The molecule has 9 nitrogen and oxygen atoms in total. The Morgan fingerprint density at radius 2 is 1.94 bits per heavy atom. The van der Waals surface area contributed by atoms with Gasteiger partial charge in [-0.05, 0) is 29.3 Å². The minimum Gasteiger partial charge on any atom is -0.503 e. The smallest absolute Gasteiger partial charge is 0.290 e. The molecule has 4 aromatic rings. The van der Waals surface area contributed by atoms with E-state index >= 15 is 0 Å². The lowest BCUT2D eigenvalue weighted by Gasteiger charge is -2.26. The predicted molar refractivity (Wildman–Crippen MR) is 121 cm³/mol. The Bertz CT molecular complexity index is 1440. The Hall–Kier alpha value is -4.79. The van der Waals surface area contributed by atoms with Crippen molar-refractivity contribution in [1.82, 2.24) is 9.88 Å². The number of carbonyl (C=O) groups excluding carboxylic acids is 2. The Kier molecular flexibility index (Phi) is 5.14. The number of para-hydroxylation sites is 1. The van der Waals surface area contributed by atoms with E-state index in [1.807, 2.05) is 0 Å². The van der Waals surface area contributed by atoms with Crippen LogP contribution in [0, 0.1) is 10.1 Å². The number of hydrogen-bond donors (Lipinski definition) is 1. The Labute approximate surface area is 192 Å². The van der Waals surface area contributed by atoms with Gasteiger partial charge in [0.2, 0.25) is 5.78 Å². The third kappa shape index (κ3) is 3.58. The second kappa shape index (κ2) is 8.28. The maximum absolute atomic E-state index is 13.5. The molecule has 0 saturated heterocycles. The van der Waals surface area contributed by atoms with Crippen molar-refractivity contribution in [3.05, 3.63) is 117 Å². The van der Waals surface area contributed by atoms with E-state index in [0.29, 0.717) is 22.1 Å². The van der Waals surface area contributed by atoms with Crippen molar-refractivity contribution in [3.63, 3.8) is 0 Å². The number of non-ortho nitro benzene ring substituents is 1. The number of amides is 1. The van der Waals surface area contributed by atoms with E-state index in [4.69, 9.17) is 4.42 Å². The normalized spacial score (nSPS) is 15.8. The fraction of sp³-hybridized carbons (Fsp3) is 0.0800. The average molecular weight is 455 g/mol. The summed E-state index contributed by atoms with van der Waals surface area (Å²) < 4.78 is 5.68. The molecule has 0 radical (unpaired) electrons. The molecule has 5 rings (SSSR count). The van der Waals surface area contributed by atoms with Crippen LogP contribution in [0.4, 0.5) is 5.69 Å². The van der Waals surface area contributed by atoms with Crippen molar-refractivity contribution >= 4 is 28.3 Å². The van der Waals surface area contributed by atoms with Gasteiger partial charge in [-0.2, -0.15) is 0 Å². The lowest BCUT2D eigenvalue weighted by molar-refractivity contribution is -0.384. The summed E-state index contributed by atoms with van der Waals surface area (Å²) in [7, 11) is 0. The van der Waals surface area contributed by atoms with Crippen LogP contribution < -0.4 is 0 Å². The topological polar surface area (TPSA) is 127 Å². The number of ketones is 1. The molecular formula is C25H17N3O6. The molecule has 1 aliphatic rings. The van der Waals surface area contributed by atoms with Gasteiger partial charge >= 0.3 is 0 Å². The first-order valence-corrected chi connectivity index (χ1v) is 10.3. The van der Waals surface area contributed by atoms with Crippen molar-refractivity contribution in [2.45, 2.75) is 12.6 Å². The summed E-state index contributed by atoms with van der Waals surface area (Å²) in [6, 6.07) is 16.6. The highest BCUT2D eigenvalue weighted by Crippen LogP contribution is 2.41. The number of pyridine rings is 1. The lowest BCUT2D eigenvalue weighted by Crippen LogP contribution is -2.30. The molecule has 1 N–H and O–H groups in total. The molecule has 1 amide bonds. The number of Topliss-reactive ketones (excluding diaryl/α,β-unsaturated/α-hetero) is 1. The van der Waals surface area contributed by atoms with Gasteiger partial charge < -0.3 is 14.4 Å². The maximum atomic E-state index is 13.5. The molecule has 9 heteroatoms. The Morgan fingerprint density at radius 3 is 2.68 bits per heavy atom. The highest BCUT2D eigenvalue weighted by molar-refractivity contribution is 6.16. The first-order valence-electron chi connectivity index (χ1n) is 10.3. The van der Waals surface area contributed by atoms with Gasteiger partial charge in [-0.15, -0.1) is 0 Å². The number of rotatable bonds is 6. The van der Waals surface area contributed by atoms with Gasteiger partial charge in [0.1, 0.15) is 5.58 Å². The van der Waals surface area contributed by atoms with Crippen LogP contribution in [0.3, 0.4) is 0 Å². The third-order valence-electron chi connectivity index (χ3n) is 5.67. The van der Waals surface area contributed by atoms with Gasteiger partial charge in [0.15, 0.2) is 11.5 Å². The van der Waals surface area contributed by atoms with E-state index in [1.54, 1.807) is 54.9 Å². The second-order valence-electron chi connectivity index (χ2n) is 7.79. The Balaban J connectivity index is 1.63. The largest absolute Gasteiger partial charge is 0.503 e. The van der Waals surface area contributed by atoms with E-state index in [0.717, 1.165) is 0 Å². The van der Waals surface area contributed by atoms with Crippen LogP contribution in [0.1, 0.15) is 27.7 Å². The number of aliphatic hydroxyl groups is 1. The number of furan rings is 1. The van der Waals surface area contributed by atoms with Crippen molar-refractivity contribution in [3.8, 4) is 0 Å². The molecular weight excluding hydrogens is 438 g/mol. The van der Waals surface area contributed by atoms with Gasteiger partial charge in [0.05, 0.1) is 16.5 Å². The van der Waals surface area contributed by atoms with Crippen molar-refractivity contribution in [2.75, 3.05) is 0 Å². The zero-order chi connectivity index (χ0) is 23.8. The molecule has 0 saturated carbocycles. The lowest BCUT2D eigenvalue weighted by atomic mass is 9.94. The molecule has 0 aliphatic carbocycles. The van der Waals surface area contributed by atoms with Crippen LogP contribution in [0.5, 0.6) is 0 Å². The molecule has 1 atom stereocenters. The van der Waals surface area contributed by atoms with Gasteiger partial charge in [0, 0.05) is 36.5 Å². The van der Waals surface area contributed by atoms with Gasteiger partial charge in [-0.25, -0.2) is 0 Å². The fourth-order valence-electron chi connectivity index (χ4n) is 4.12. The summed E-state index contributed by atoms with van der Waals surface area (Å²) in [5.41, 5.74) is 1.06. The molecule has 0 fully saturated rings. The van der Waals surface area contributed by atoms with Crippen LogP contribution >= 0.6 is 0 Å². The summed E-state index contributed by atoms with van der Waals surface area (Å²) in [5.74, 6) is -2.20. The number of aromatic nitrogens is 1. The first kappa shape index (κ1) is 21.1. The van der Waals surface area contributed by atoms with Crippen LogP contribution in [-0.4, -0.2) is 31.6 Å². The Morgan fingerprint density at radius 1 is 1.12 bits per heavy atom. The number of nitro benzene ring substituents is 1. The van der Waals surface area contributed by atoms with Gasteiger partial charge in [0.25, 0.3) is 11.6 Å². The van der Waals surface area contributed by atoms with Crippen LogP contribution in [0.2, 0.25) is 0 Å². The minimum absolute atomic E-state index is 0.0288. The zero-order valence-corrected chi connectivity index (χ0v) is 17.6. The molecule has 0 unspecified atom stereocenters. The van der Waals surface area contributed by atoms with E-state index in [-0.39, 0.29) is 23.6 Å². The van der Waals surface area contributed by atoms with Crippen molar-refractivity contribution < 1.29 is 24.0 Å². The number of aliphatic hydroxyl groups excluding tert-OH is 1. The summed E-state index contributed by atoms with van der Waals surface area (Å²) in [6.07, 6.45) is 3.15. The molecule has 2 aromatic carbocycles. The number of benzene rings is 2. The van der Waals surface area contributed by atoms with E-state index in [9.17, 15) is 24.8 Å². The number of hydrogen-bond acceptors (Lipinski definition) is 7. The minimum atomic E-state index is -1.06. The molecule has 168 valence electrons. The molecule has 0 bridgehead atoms. The van der Waals surface area contributed by atoms with Crippen LogP contribution in [-0.2, 0) is 11.3 Å². The maximum Gasteiger partial charge on any atom is 0.290 e. The van der Waals surface area contributed by atoms with Crippen molar-refractivity contribution in [1.29, 1.82) is 0 Å². The number of fused-ring (bicyclic) bond motifs is 1. The molecule has 3 heterocycles. The zero-order valence-electron chi connectivity index (χ0n) is 17.6. The quantitative estimate of drug-likeness (QED) is 0.257. The van der Waals surface area contributed by atoms with Crippen LogP contribution in [0.25, 0.3) is 11.0 Å². The van der Waals surface area contributed by atoms with E-state index in [1.165, 1.54) is 29.2 Å². The number of nitrogens with zero attached hydrogens (tertiary/aromatic N) is 3. The SMILES string of the molecule is O=C(C1=C(O)C(=O)N(Cc2cccnc2)[C@H]1c1cccc([N+](=O)[O-])c1)c1cc2ccccc2o1. The number of carbonyl (C=O) groups is 2. The third-order valence-corrected chi connectivity index (χ3v) is 5.67. The summed E-state index contributed by atoms with van der Waals surface area (Å²) >= 11 is 0. The summed E-state index contributed by atoms with van der Waals surface area (Å²) in [6.45, 7) is 0.0288.